The Hall–Kier alpha value is -0.860. The zero-order valence-electron chi connectivity index (χ0n) is 12.0. The van der Waals surface area contributed by atoms with Crippen molar-refractivity contribution in [1.82, 2.24) is 4.37 Å². The molecule has 0 amide bonds. The topological polar surface area (TPSA) is 96.5 Å². The van der Waals surface area contributed by atoms with Gasteiger partial charge in [-0.05, 0) is 37.2 Å². The largest absolute Gasteiger partial charge is 0.396 e. The molecule has 0 unspecified atom stereocenters. The number of hydrogen-bond acceptors (Lipinski definition) is 7. The van der Waals surface area contributed by atoms with E-state index in [1.165, 1.54) is 0 Å². The number of nitrogen functional groups attached to an aromatic ring is 1. The molecule has 1 aromatic heterocycles. The average Bonchev–Trinajstić information content (AvgIpc) is 2.77. The van der Waals surface area contributed by atoms with E-state index in [0.29, 0.717) is 11.4 Å². The number of rotatable bonds is 9. The van der Waals surface area contributed by atoms with Crippen molar-refractivity contribution >= 4 is 32.2 Å². The quantitative estimate of drug-likeness (QED) is 0.669. The van der Waals surface area contributed by atoms with Crippen LogP contribution in [0.25, 0.3) is 0 Å². The van der Waals surface area contributed by atoms with Gasteiger partial charge in [-0.25, -0.2) is 8.42 Å². The lowest BCUT2D eigenvalue weighted by atomic mass is 10.2. The molecule has 0 bridgehead atoms. The van der Waals surface area contributed by atoms with Crippen molar-refractivity contribution in [3.8, 4) is 0 Å². The number of unbranched alkanes of at least 4 members (excludes halogenated alkanes) is 2. The Labute approximate surface area is 124 Å². The SMILES string of the molecule is CCCS(=O)(=O)c1c(N)nsc1N(C)CCCCCO. The van der Waals surface area contributed by atoms with Crippen LogP contribution >= 0.6 is 11.5 Å². The number of nitrogens with zero attached hydrogens (tertiary/aromatic N) is 2. The second-order valence-electron chi connectivity index (χ2n) is 4.73. The van der Waals surface area contributed by atoms with E-state index in [2.05, 4.69) is 4.37 Å². The van der Waals surface area contributed by atoms with Gasteiger partial charge in [-0.2, -0.15) is 4.37 Å². The summed E-state index contributed by atoms with van der Waals surface area (Å²) >= 11 is 1.12. The number of anilines is 2. The lowest BCUT2D eigenvalue weighted by molar-refractivity contribution is 0.283. The maximum Gasteiger partial charge on any atom is 0.185 e. The smallest absolute Gasteiger partial charge is 0.185 e. The third-order valence-electron chi connectivity index (χ3n) is 2.94. The minimum Gasteiger partial charge on any atom is -0.396 e. The molecule has 0 saturated heterocycles. The molecule has 1 heterocycles. The van der Waals surface area contributed by atoms with E-state index in [4.69, 9.17) is 10.8 Å². The molecule has 8 heteroatoms. The van der Waals surface area contributed by atoms with Gasteiger partial charge >= 0.3 is 0 Å². The Balaban J connectivity index is 2.86. The molecule has 1 aromatic rings. The molecule has 0 aliphatic rings. The predicted molar refractivity (Wildman–Crippen MR) is 83.1 cm³/mol. The van der Waals surface area contributed by atoms with Crippen LogP contribution in [0.1, 0.15) is 32.6 Å². The maximum atomic E-state index is 12.2. The van der Waals surface area contributed by atoms with Gasteiger partial charge in [-0.3, -0.25) is 0 Å². The van der Waals surface area contributed by atoms with E-state index in [1.54, 1.807) is 0 Å². The number of sulfone groups is 1. The van der Waals surface area contributed by atoms with Crippen LogP contribution in [0.2, 0.25) is 0 Å². The fourth-order valence-electron chi connectivity index (χ4n) is 1.93. The summed E-state index contributed by atoms with van der Waals surface area (Å²) in [6.07, 6.45) is 3.12. The van der Waals surface area contributed by atoms with Crippen LogP contribution in [0.15, 0.2) is 4.90 Å². The summed E-state index contributed by atoms with van der Waals surface area (Å²) in [5, 5.41) is 9.36. The lowest BCUT2D eigenvalue weighted by Crippen LogP contribution is -2.20. The van der Waals surface area contributed by atoms with E-state index in [9.17, 15) is 8.42 Å². The van der Waals surface area contributed by atoms with E-state index < -0.39 is 9.84 Å². The highest BCUT2D eigenvalue weighted by molar-refractivity contribution is 7.91. The first kappa shape index (κ1) is 17.2. The molecule has 20 heavy (non-hydrogen) atoms. The predicted octanol–water partition coefficient (Wildman–Crippen LogP) is 1.51. The summed E-state index contributed by atoms with van der Waals surface area (Å²) < 4.78 is 28.5. The Bertz CT molecular complexity index is 514. The summed E-state index contributed by atoms with van der Waals surface area (Å²) in [5.74, 6) is 0.182. The minimum atomic E-state index is -3.37. The molecular formula is C12H23N3O3S2. The molecule has 0 saturated carbocycles. The molecule has 3 N–H and O–H groups in total. The molecule has 0 aliphatic heterocycles. The third kappa shape index (κ3) is 4.32. The van der Waals surface area contributed by atoms with Crippen LogP contribution in [-0.2, 0) is 9.84 Å². The molecule has 116 valence electrons. The zero-order valence-corrected chi connectivity index (χ0v) is 13.6. The Morgan fingerprint density at radius 3 is 2.65 bits per heavy atom. The molecule has 0 spiro atoms. The van der Waals surface area contributed by atoms with Gasteiger partial charge in [0.1, 0.15) is 9.90 Å². The average molecular weight is 321 g/mol. The van der Waals surface area contributed by atoms with E-state index >= 15 is 0 Å². The normalized spacial score (nSPS) is 11.8. The zero-order chi connectivity index (χ0) is 15.2. The third-order valence-corrected chi connectivity index (χ3v) is 6.02. The number of hydrogen-bond donors (Lipinski definition) is 2. The highest BCUT2D eigenvalue weighted by Gasteiger charge is 2.26. The van der Waals surface area contributed by atoms with E-state index in [-0.39, 0.29) is 23.1 Å². The Morgan fingerprint density at radius 1 is 1.35 bits per heavy atom. The van der Waals surface area contributed by atoms with E-state index in [1.807, 2.05) is 18.9 Å². The van der Waals surface area contributed by atoms with Crippen molar-refractivity contribution in [3.05, 3.63) is 0 Å². The van der Waals surface area contributed by atoms with Gasteiger partial charge in [0, 0.05) is 20.2 Å². The minimum absolute atomic E-state index is 0.0843. The van der Waals surface area contributed by atoms with Gasteiger partial charge in [0.25, 0.3) is 0 Å². The van der Waals surface area contributed by atoms with Crippen LogP contribution in [0.5, 0.6) is 0 Å². The first-order valence-corrected chi connectivity index (χ1v) is 9.16. The first-order chi connectivity index (χ1) is 9.44. The molecular weight excluding hydrogens is 298 g/mol. The Morgan fingerprint density at radius 2 is 2.05 bits per heavy atom. The van der Waals surface area contributed by atoms with Crippen LogP contribution in [0, 0.1) is 0 Å². The molecule has 1 rings (SSSR count). The Kier molecular flexibility index (Phi) is 6.70. The molecule has 0 aromatic carbocycles. The number of aliphatic hydroxyl groups excluding tert-OH is 1. The maximum absolute atomic E-state index is 12.2. The van der Waals surface area contributed by atoms with Crippen molar-refractivity contribution < 1.29 is 13.5 Å². The number of aliphatic hydroxyl groups is 1. The summed E-state index contributed by atoms with van der Waals surface area (Å²) in [6.45, 7) is 2.73. The summed E-state index contributed by atoms with van der Waals surface area (Å²) in [5.41, 5.74) is 5.73. The van der Waals surface area contributed by atoms with Gasteiger partial charge in [0.15, 0.2) is 15.7 Å². The molecule has 0 aliphatic carbocycles. The lowest BCUT2D eigenvalue weighted by Gasteiger charge is -2.18. The van der Waals surface area contributed by atoms with Crippen molar-refractivity contribution in [1.29, 1.82) is 0 Å². The molecule has 0 radical (unpaired) electrons. The van der Waals surface area contributed by atoms with Crippen LogP contribution in [-0.4, -0.2) is 43.9 Å². The van der Waals surface area contributed by atoms with Crippen molar-refractivity contribution in [2.75, 3.05) is 36.6 Å². The second-order valence-corrected chi connectivity index (χ2v) is 7.52. The summed E-state index contributed by atoms with van der Waals surface area (Å²) in [6, 6.07) is 0. The number of nitrogens with two attached hydrogens (primary N) is 1. The fraction of sp³-hybridized carbons (Fsp3) is 0.750. The summed E-state index contributed by atoms with van der Waals surface area (Å²) in [4.78, 5) is 2.06. The van der Waals surface area contributed by atoms with Gasteiger partial charge < -0.3 is 15.7 Å². The first-order valence-electron chi connectivity index (χ1n) is 6.74. The summed E-state index contributed by atoms with van der Waals surface area (Å²) in [7, 11) is -1.52. The van der Waals surface area contributed by atoms with Crippen molar-refractivity contribution in [2.24, 2.45) is 0 Å². The standard InChI is InChI=1S/C12H23N3O3S2/c1-3-9-20(17,18)10-11(13)14-19-12(10)15(2)7-5-4-6-8-16/h16H,3-9H2,1-2H3,(H2,13,14). The van der Waals surface area contributed by atoms with Gasteiger partial charge in [-0.15, -0.1) is 0 Å². The van der Waals surface area contributed by atoms with Crippen LogP contribution in [0.4, 0.5) is 10.8 Å². The fourth-order valence-corrected chi connectivity index (χ4v) is 4.70. The van der Waals surface area contributed by atoms with Crippen molar-refractivity contribution in [3.63, 3.8) is 0 Å². The molecule has 0 atom stereocenters. The molecule has 6 nitrogen and oxygen atoms in total. The number of aromatic nitrogens is 1. The van der Waals surface area contributed by atoms with Gasteiger partial charge in [0.05, 0.1) is 5.75 Å². The highest BCUT2D eigenvalue weighted by atomic mass is 32.2. The second kappa shape index (κ2) is 7.80. The van der Waals surface area contributed by atoms with Crippen LogP contribution < -0.4 is 10.6 Å². The van der Waals surface area contributed by atoms with Gasteiger partial charge in [-0.1, -0.05) is 6.92 Å². The van der Waals surface area contributed by atoms with E-state index in [0.717, 1.165) is 37.3 Å². The monoisotopic (exact) mass is 321 g/mol. The van der Waals surface area contributed by atoms with Crippen LogP contribution in [0.3, 0.4) is 0 Å². The van der Waals surface area contributed by atoms with Crippen molar-refractivity contribution in [2.45, 2.75) is 37.5 Å². The highest BCUT2D eigenvalue weighted by Crippen LogP contribution is 2.35. The van der Waals surface area contributed by atoms with Gasteiger partial charge in [0.2, 0.25) is 0 Å². The molecule has 0 fully saturated rings.